The number of likely N-dealkylation sites (tertiary alicyclic amines) is 1. The normalized spacial score (nSPS) is 26.2. The molecule has 2 fully saturated rings. The molecule has 0 radical (unpaired) electrons. The summed E-state index contributed by atoms with van der Waals surface area (Å²) in [6, 6.07) is 0.687. The molecule has 1 N–H and O–H groups in total. The lowest BCUT2D eigenvalue weighted by molar-refractivity contribution is 0.378. The lowest BCUT2D eigenvalue weighted by Crippen LogP contribution is -2.18. The molecule has 1 unspecified atom stereocenters. The van der Waals surface area contributed by atoms with E-state index in [1.54, 1.807) is 0 Å². The summed E-state index contributed by atoms with van der Waals surface area (Å²) < 4.78 is 2.28. The van der Waals surface area contributed by atoms with Gasteiger partial charge in [-0.05, 0) is 38.8 Å². The predicted octanol–water partition coefficient (Wildman–Crippen LogP) is 1.41. The smallest absolute Gasteiger partial charge is 0.202 e. The minimum Gasteiger partial charge on any atom is -0.353 e. The van der Waals surface area contributed by atoms with E-state index >= 15 is 0 Å². The number of nitrogens with zero attached hydrogens (tertiary/aromatic N) is 3. The zero-order valence-electron chi connectivity index (χ0n) is 9.89. The summed E-state index contributed by atoms with van der Waals surface area (Å²) in [5.41, 5.74) is 0. The highest BCUT2D eigenvalue weighted by Crippen LogP contribution is 2.25. The van der Waals surface area contributed by atoms with Crippen molar-refractivity contribution in [3.05, 3.63) is 12.4 Å². The first-order valence-corrected chi connectivity index (χ1v) is 6.27. The van der Waals surface area contributed by atoms with Gasteiger partial charge in [0.05, 0.1) is 0 Å². The van der Waals surface area contributed by atoms with Crippen molar-refractivity contribution < 1.29 is 0 Å². The van der Waals surface area contributed by atoms with E-state index in [1.165, 1.54) is 32.4 Å². The van der Waals surface area contributed by atoms with E-state index in [-0.39, 0.29) is 0 Å². The number of hydrogen-bond acceptors (Lipinski definition) is 3. The highest BCUT2D eigenvalue weighted by Gasteiger charge is 2.24. The molecule has 2 aliphatic rings. The molecule has 1 aliphatic carbocycles. The topological polar surface area (TPSA) is 33.1 Å². The van der Waals surface area contributed by atoms with Crippen molar-refractivity contribution >= 4 is 5.95 Å². The molecule has 3 rings (SSSR count). The number of rotatable bonds is 4. The zero-order chi connectivity index (χ0) is 11.0. The Bertz CT molecular complexity index is 356. The summed E-state index contributed by atoms with van der Waals surface area (Å²) in [6.45, 7) is 3.57. The van der Waals surface area contributed by atoms with Gasteiger partial charge in [0.15, 0.2) is 0 Å². The summed E-state index contributed by atoms with van der Waals surface area (Å²) in [7, 11) is 2.21. The van der Waals surface area contributed by atoms with Crippen molar-refractivity contribution in [3.63, 3.8) is 0 Å². The van der Waals surface area contributed by atoms with E-state index in [1.807, 2.05) is 6.20 Å². The highest BCUT2D eigenvalue weighted by molar-refractivity contribution is 5.29. The van der Waals surface area contributed by atoms with Crippen LogP contribution in [0, 0.1) is 5.92 Å². The van der Waals surface area contributed by atoms with Crippen molar-refractivity contribution in [1.29, 1.82) is 0 Å². The maximum Gasteiger partial charge on any atom is 0.202 e. The Morgan fingerprint density at radius 3 is 3.00 bits per heavy atom. The molecule has 88 valence electrons. The van der Waals surface area contributed by atoms with Gasteiger partial charge in [-0.15, -0.1) is 0 Å². The van der Waals surface area contributed by atoms with Crippen LogP contribution >= 0.6 is 0 Å². The summed E-state index contributed by atoms with van der Waals surface area (Å²) >= 11 is 0. The molecule has 4 nitrogen and oxygen atoms in total. The highest BCUT2D eigenvalue weighted by atomic mass is 15.2. The first-order valence-electron chi connectivity index (χ1n) is 6.27. The van der Waals surface area contributed by atoms with E-state index in [0.717, 1.165) is 18.4 Å². The van der Waals surface area contributed by atoms with Gasteiger partial charge in [0.2, 0.25) is 5.95 Å². The molecule has 1 saturated heterocycles. The Morgan fingerprint density at radius 2 is 2.31 bits per heavy atom. The third-order valence-electron chi connectivity index (χ3n) is 3.57. The standard InChI is InChI=1S/C12H20N4/c1-15-6-4-10(8-15)9-16-7-5-13-12(16)14-11-2-3-11/h5,7,10-11H,2-4,6,8-9H2,1H3,(H,13,14). The second-order valence-corrected chi connectivity index (χ2v) is 5.24. The number of anilines is 1. The fourth-order valence-corrected chi connectivity index (χ4v) is 2.46. The molecule has 1 aromatic rings. The molecule has 0 aromatic carbocycles. The van der Waals surface area contributed by atoms with E-state index in [2.05, 4.69) is 33.0 Å². The van der Waals surface area contributed by atoms with Gasteiger partial charge in [-0.25, -0.2) is 4.98 Å². The van der Waals surface area contributed by atoms with Crippen LogP contribution in [-0.2, 0) is 6.54 Å². The molecule has 0 spiro atoms. The number of hydrogen-bond donors (Lipinski definition) is 1. The van der Waals surface area contributed by atoms with Gasteiger partial charge in [-0.1, -0.05) is 0 Å². The third kappa shape index (κ3) is 2.21. The summed E-state index contributed by atoms with van der Waals surface area (Å²) in [6.07, 6.45) is 7.93. The van der Waals surface area contributed by atoms with Gasteiger partial charge in [0, 0.05) is 31.5 Å². The number of nitrogens with one attached hydrogen (secondary N) is 1. The van der Waals surface area contributed by atoms with Gasteiger partial charge in [0.25, 0.3) is 0 Å². The van der Waals surface area contributed by atoms with Crippen LogP contribution in [0.5, 0.6) is 0 Å². The van der Waals surface area contributed by atoms with Crippen molar-refractivity contribution in [2.24, 2.45) is 5.92 Å². The summed E-state index contributed by atoms with van der Waals surface area (Å²) in [5.74, 6) is 1.86. The molecule has 1 aliphatic heterocycles. The largest absolute Gasteiger partial charge is 0.353 e. The van der Waals surface area contributed by atoms with Crippen molar-refractivity contribution in [2.45, 2.75) is 31.8 Å². The molecule has 2 heterocycles. The third-order valence-corrected chi connectivity index (χ3v) is 3.57. The van der Waals surface area contributed by atoms with E-state index in [4.69, 9.17) is 0 Å². The molecular weight excluding hydrogens is 200 g/mol. The van der Waals surface area contributed by atoms with Gasteiger partial charge in [-0.3, -0.25) is 0 Å². The zero-order valence-corrected chi connectivity index (χ0v) is 9.89. The van der Waals surface area contributed by atoms with Gasteiger partial charge >= 0.3 is 0 Å². The maximum absolute atomic E-state index is 4.40. The first-order chi connectivity index (χ1) is 7.81. The quantitative estimate of drug-likeness (QED) is 0.833. The van der Waals surface area contributed by atoms with Crippen LogP contribution in [0.4, 0.5) is 5.95 Å². The average molecular weight is 220 g/mol. The van der Waals surface area contributed by atoms with Crippen LogP contribution in [-0.4, -0.2) is 40.6 Å². The van der Waals surface area contributed by atoms with Crippen LogP contribution in [0.25, 0.3) is 0 Å². The molecule has 1 aromatic heterocycles. The van der Waals surface area contributed by atoms with Crippen molar-refractivity contribution in [3.8, 4) is 0 Å². The molecule has 4 heteroatoms. The second-order valence-electron chi connectivity index (χ2n) is 5.24. The minimum atomic E-state index is 0.687. The summed E-state index contributed by atoms with van der Waals surface area (Å²) in [5, 5.41) is 3.49. The first kappa shape index (κ1) is 10.1. The maximum atomic E-state index is 4.40. The van der Waals surface area contributed by atoms with E-state index in [9.17, 15) is 0 Å². The average Bonchev–Trinajstić information content (AvgIpc) is 2.82. The van der Waals surface area contributed by atoms with Crippen LogP contribution in [0.1, 0.15) is 19.3 Å². The number of aromatic nitrogens is 2. The molecular formula is C12H20N4. The molecule has 1 atom stereocenters. The molecule has 16 heavy (non-hydrogen) atoms. The predicted molar refractivity (Wildman–Crippen MR) is 64.5 cm³/mol. The second kappa shape index (κ2) is 4.09. The van der Waals surface area contributed by atoms with E-state index < -0.39 is 0 Å². The lowest BCUT2D eigenvalue weighted by Gasteiger charge is -2.14. The Hall–Kier alpha value is -1.03. The fraction of sp³-hybridized carbons (Fsp3) is 0.750. The molecule has 1 saturated carbocycles. The monoisotopic (exact) mass is 220 g/mol. The van der Waals surface area contributed by atoms with Gasteiger partial charge < -0.3 is 14.8 Å². The Labute approximate surface area is 96.7 Å². The lowest BCUT2D eigenvalue weighted by atomic mass is 10.1. The van der Waals surface area contributed by atoms with Crippen LogP contribution in [0.2, 0.25) is 0 Å². The Kier molecular flexibility index (Phi) is 2.59. The SMILES string of the molecule is CN1CCC(Cn2ccnc2NC2CC2)C1. The summed E-state index contributed by atoms with van der Waals surface area (Å²) in [4.78, 5) is 6.81. The van der Waals surface area contributed by atoms with Gasteiger partial charge in [0.1, 0.15) is 0 Å². The minimum absolute atomic E-state index is 0.687. The van der Waals surface area contributed by atoms with Crippen molar-refractivity contribution in [2.75, 3.05) is 25.5 Å². The van der Waals surface area contributed by atoms with Crippen LogP contribution in [0.15, 0.2) is 12.4 Å². The van der Waals surface area contributed by atoms with Crippen LogP contribution < -0.4 is 5.32 Å². The van der Waals surface area contributed by atoms with Gasteiger partial charge in [-0.2, -0.15) is 0 Å². The Balaban J connectivity index is 1.62. The molecule has 0 bridgehead atoms. The van der Waals surface area contributed by atoms with Crippen LogP contribution in [0.3, 0.4) is 0 Å². The number of imidazole rings is 1. The molecule has 0 amide bonds. The van der Waals surface area contributed by atoms with E-state index in [0.29, 0.717) is 6.04 Å². The Morgan fingerprint density at radius 1 is 1.44 bits per heavy atom. The fourth-order valence-electron chi connectivity index (χ4n) is 2.46. The van der Waals surface area contributed by atoms with Crippen molar-refractivity contribution in [1.82, 2.24) is 14.5 Å².